The average Bonchev–Trinajstić information content (AvgIpc) is 3.05. The van der Waals surface area contributed by atoms with Crippen LogP contribution in [0.15, 0.2) is 43.0 Å². The largest absolute Gasteiger partial charge is 0.507 e. The van der Waals surface area contributed by atoms with Crippen molar-refractivity contribution in [2.75, 3.05) is 11.9 Å². The van der Waals surface area contributed by atoms with E-state index in [-0.39, 0.29) is 5.75 Å². The van der Waals surface area contributed by atoms with E-state index in [1.807, 2.05) is 23.6 Å². The van der Waals surface area contributed by atoms with E-state index in [0.29, 0.717) is 11.4 Å². The van der Waals surface area contributed by atoms with Crippen molar-refractivity contribution >= 4 is 5.82 Å². The molecular formula is C16H18N6O. The topological polar surface area (TPSA) is 88.8 Å². The lowest BCUT2D eigenvalue weighted by Crippen LogP contribution is -2.08. The molecule has 0 spiro atoms. The lowest BCUT2D eigenvalue weighted by atomic mass is 10.2. The van der Waals surface area contributed by atoms with Crippen molar-refractivity contribution < 1.29 is 5.11 Å². The first-order valence-electron chi connectivity index (χ1n) is 7.43. The van der Waals surface area contributed by atoms with Crippen LogP contribution in [0.3, 0.4) is 0 Å². The third-order valence-electron chi connectivity index (χ3n) is 3.36. The number of aromatic nitrogens is 5. The highest BCUT2D eigenvalue weighted by molar-refractivity contribution is 5.64. The summed E-state index contributed by atoms with van der Waals surface area (Å²) >= 11 is 0. The van der Waals surface area contributed by atoms with E-state index in [1.54, 1.807) is 30.9 Å². The molecule has 118 valence electrons. The highest BCUT2D eigenvalue weighted by atomic mass is 16.3. The van der Waals surface area contributed by atoms with Gasteiger partial charge in [-0.15, -0.1) is 10.2 Å². The van der Waals surface area contributed by atoms with Gasteiger partial charge in [-0.3, -0.25) is 0 Å². The molecule has 2 aromatic heterocycles. The Morgan fingerprint density at radius 2 is 1.91 bits per heavy atom. The highest BCUT2D eigenvalue weighted by Gasteiger charge is 2.08. The summed E-state index contributed by atoms with van der Waals surface area (Å²) in [5, 5.41) is 20.8. The minimum absolute atomic E-state index is 0.177. The van der Waals surface area contributed by atoms with Crippen LogP contribution in [0.2, 0.25) is 0 Å². The maximum atomic E-state index is 9.95. The fourth-order valence-electron chi connectivity index (χ4n) is 2.26. The van der Waals surface area contributed by atoms with E-state index in [2.05, 4.69) is 25.5 Å². The number of nitrogens with zero attached hydrogens (tertiary/aromatic N) is 5. The summed E-state index contributed by atoms with van der Waals surface area (Å²) in [6.07, 6.45) is 4.32. The number of phenolic OH excluding ortho intramolecular Hbond substituents is 1. The van der Waals surface area contributed by atoms with Crippen LogP contribution in [-0.4, -0.2) is 36.4 Å². The number of benzene rings is 1. The fraction of sp³-hybridized carbons (Fsp3) is 0.250. The van der Waals surface area contributed by atoms with Crippen LogP contribution in [0.1, 0.15) is 12.1 Å². The monoisotopic (exact) mass is 310 g/mol. The molecule has 3 aromatic rings. The molecule has 0 unspecified atom stereocenters. The zero-order valence-corrected chi connectivity index (χ0v) is 12.8. The van der Waals surface area contributed by atoms with Gasteiger partial charge in [-0.05, 0) is 25.5 Å². The summed E-state index contributed by atoms with van der Waals surface area (Å²) in [4.78, 5) is 8.89. The third-order valence-corrected chi connectivity index (χ3v) is 3.36. The number of hydrogen-bond donors (Lipinski definition) is 2. The minimum Gasteiger partial charge on any atom is -0.507 e. The quantitative estimate of drug-likeness (QED) is 0.679. The van der Waals surface area contributed by atoms with E-state index in [4.69, 9.17) is 0 Å². The van der Waals surface area contributed by atoms with Crippen molar-refractivity contribution in [2.45, 2.75) is 19.9 Å². The van der Waals surface area contributed by atoms with Gasteiger partial charge in [0, 0.05) is 24.8 Å². The van der Waals surface area contributed by atoms with Crippen LogP contribution in [0.25, 0.3) is 11.4 Å². The molecule has 0 aliphatic carbocycles. The van der Waals surface area contributed by atoms with Crippen LogP contribution < -0.4 is 5.32 Å². The molecule has 0 saturated carbocycles. The first-order valence-corrected chi connectivity index (χ1v) is 7.43. The second-order valence-corrected chi connectivity index (χ2v) is 5.22. The zero-order chi connectivity index (χ0) is 16.1. The van der Waals surface area contributed by atoms with Crippen LogP contribution in [0.5, 0.6) is 5.75 Å². The summed E-state index contributed by atoms with van der Waals surface area (Å²) in [5.41, 5.74) is 1.48. The molecule has 0 aliphatic rings. The van der Waals surface area contributed by atoms with Gasteiger partial charge >= 0.3 is 0 Å². The number of nitrogens with one attached hydrogen (secondary N) is 1. The molecule has 0 amide bonds. The van der Waals surface area contributed by atoms with E-state index in [9.17, 15) is 5.11 Å². The maximum Gasteiger partial charge on any atom is 0.165 e. The number of aromatic hydroxyl groups is 1. The van der Waals surface area contributed by atoms with E-state index >= 15 is 0 Å². The van der Waals surface area contributed by atoms with E-state index in [1.165, 1.54) is 0 Å². The second kappa shape index (κ2) is 6.87. The Morgan fingerprint density at radius 1 is 1.13 bits per heavy atom. The molecule has 0 aliphatic heterocycles. The zero-order valence-electron chi connectivity index (χ0n) is 12.8. The average molecular weight is 310 g/mol. The van der Waals surface area contributed by atoms with Crippen LogP contribution in [0.4, 0.5) is 5.82 Å². The van der Waals surface area contributed by atoms with Gasteiger partial charge in [0.25, 0.3) is 0 Å². The Balaban J connectivity index is 1.67. The first kappa shape index (κ1) is 15.0. The predicted molar refractivity (Wildman–Crippen MR) is 87.0 cm³/mol. The molecule has 0 bridgehead atoms. The second-order valence-electron chi connectivity index (χ2n) is 5.22. The molecule has 7 nitrogen and oxygen atoms in total. The SMILES string of the molecule is Cc1cc(NCCCn2cnnc2)nc(-c2ccccc2O)n1. The lowest BCUT2D eigenvalue weighted by molar-refractivity contribution is 0.477. The van der Waals surface area contributed by atoms with Crippen molar-refractivity contribution in [3.63, 3.8) is 0 Å². The summed E-state index contributed by atoms with van der Waals surface area (Å²) in [7, 11) is 0. The van der Waals surface area contributed by atoms with Gasteiger partial charge < -0.3 is 15.0 Å². The Kier molecular flexibility index (Phi) is 4.46. The van der Waals surface area contributed by atoms with Gasteiger partial charge in [0.15, 0.2) is 5.82 Å². The fourth-order valence-corrected chi connectivity index (χ4v) is 2.26. The van der Waals surface area contributed by atoms with Crippen molar-refractivity contribution in [3.8, 4) is 17.1 Å². The highest BCUT2D eigenvalue weighted by Crippen LogP contribution is 2.26. The van der Waals surface area contributed by atoms with E-state index < -0.39 is 0 Å². The number of anilines is 1. The Labute approximate surface area is 134 Å². The molecule has 1 aromatic carbocycles. The number of hydrogen-bond acceptors (Lipinski definition) is 6. The molecule has 2 N–H and O–H groups in total. The van der Waals surface area contributed by atoms with Crippen LogP contribution in [0, 0.1) is 6.92 Å². The Morgan fingerprint density at radius 3 is 2.70 bits per heavy atom. The predicted octanol–water partition coefficient (Wildman–Crippen LogP) is 2.25. The molecule has 3 rings (SSSR count). The number of phenols is 1. The van der Waals surface area contributed by atoms with Gasteiger partial charge in [-0.2, -0.15) is 0 Å². The molecule has 23 heavy (non-hydrogen) atoms. The van der Waals surface area contributed by atoms with Gasteiger partial charge in [0.05, 0.1) is 5.56 Å². The molecule has 0 atom stereocenters. The molecule has 0 saturated heterocycles. The molecule has 0 fully saturated rings. The van der Waals surface area contributed by atoms with E-state index in [0.717, 1.165) is 31.0 Å². The summed E-state index contributed by atoms with van der Waals surface area (Å²) in [5.74, 6) is 1.44. The van der Waals surface area contributed by atoms with Gasteiger partial charge in [0.2, 0.25) is 0 Å². The molecule has 0 radical (unpaired) electrons. The molecular weight excluding hydrogens is 292 g/mol. The summed E-state index contributed by atoms with van der Waals surface area (Å²) in [6, 6.07) is 8.96. The van der Waals surface area contributed by atoms with Gasteiger partial charge in [0.1, 0.15) is 24.2 Å². The summed E-state index contributed by atoms with van der Waals surface area (Å²) in [6.45, 7) is 3.53. The van der Waals surface area contributed by atoms with Crippen molar-refractivity contribution in [1.82, 2.24) is 24.7 Å². The Bertz CT molecular complexity index is 772. The van der Waals surface area contributed by atoms with Crippen LogP contribution in [-0.2, 0) is 6.54 Å². The standard InChI is InChI=1S/C16H18N6O/c1-12-9-15(17-7-4-8-22-10-18-19-11-22)21-16(20-12)13-5-2-3-6-14(13)23/h2-3,5-6,9-11,23H,4,7-8H2,1H3,(H,17,20,21). The number of rotatable bonds is 6. The summed E-state index contributed by atoms with van der Waals surface area (Å²) < 4.78 is 1.93. The first-order chi connectivity index (χ1) is 11.2. The number of para-hydroxylation sites is 1. The Hall–Kier alpha value is -2.96. The smallest absolute Gasteiger partial charge is 0.165 e. The normalized spacial score (nSPS) is 10.7. The molecule has 2 heterocycles. The molecule has 7 heteroatoms. The van der Waals surface area contributed by atoms with Crippen molar-refractivity contribution in [1.29, 1.82) is 0 Å². The maximum absolute atomic E-state index is 9.95. The van der Waals surface area contributed by atoms with Crippen molar-refractivity contribution in [3.05, 3.63) is 48.7 Å². The number of aryl methyl sites for hydroxylation is 2. The van der Waals surface area contributed by atoms with Gasteiger partial charge in [-0.25, -0.2) is 9.97 Å². The van der Waals surface area contributed by atoms with Crippen molar-refractivity contribution in [2.24, 2.45) is 0 Å². The van der Waals surface area contributed by atoms with Gasteiger partial charge in [-0.1, -0.05) is 12.1 Å². The van der Waals surface area contributed by atoms with Crippen LogP contribution >= 0.6 is 0 Å². The minimum atomic E-state index is 0.177. The lowest BCUT2D eigenvalue weighted by Gasteiger charge is -2.09. The third kappa shape index (κ3) is 3.82.